The van der Waals surface area contributed by atoms with E-state index in [1.165, 1.54) is 31.2 Å². The maximum atomic E-state index is 11.9. The standard InChI is InChI=1S/C13H17NO6.Na/c1-6-9(15)10(16)11(17)13(19-6)20-12(18)7-2-4-8(14)5-3-7;/h2-6,9-11,13,15-17H,14H2,1H3;/t6-,9-,10+,11+,13?;/m0./s1. The van der Waals surface area contributed by atoms with Crippen LogP contribution in [0.15, 0.2) is 24.3 Å². The first-order valence-electron chi connectivity index (χ1n) is 6.16. The molecule has 5 atom stereocenters. The van der Waals surface area contributed by atoms with Gasteiger partial charge in [0.2, 0.25) is 6.29 Å². The summed E-state index contributed by atoms with van der Waals surface area (Å²) < 4.78 is 10.2. The third kappa shape index (κ3) is 4.17. The Morgan fingerprint density at radius 2 is 1.71 bits per heavy atom. The van der Waals surface area contributed by atoms with Crippen LogP contribution in [-0.2, 0) is 9.47 Å². The monoisotopic (exact) mass is 306 g/mol. The first kappa shape index (κ1) is 18.4. The van der Waals surface area contributed by atoms with E-state index < -0.39 is 36.7 Å². The number of ether oxygens (including phenoxy) is 2. The van der Waals surface area contributed by atoms with Gasteiger partial charge in [-0.15, -0.1) is 0 Å². The first-order chi connectivity index (χ1) is 9.40. The zero-order chi connectivity index (χ0) is 14.9. The van der Waals surface area contributed by atoms with Gasteiger partial charge in [-0.3, -0.25) is 0 Å². The van der Waals surface area contributed by atoms with Gasteiger partial charge in [0, 0.05) is 35.2 Å². The number of aliphatic hydroxyl groups is 3. The molecule has 0 saturated carbocycles. The van der Waals surface area contributed by atoms with Crippen molar-refractivity contribution in [3.63, 3.8) is 0 Å². The van der Waals surface area contributed by atoms with Crippen LogP contribution >= 0.6 is 0 Å². The Balaban J connectivity index is 0.00000220. The third-order valence-corrected chi connectivity index (χ3v) is 3.18. The molecule has 111 valence electrons. The molecule has 1 aliphatic heterocycles. The summed E-state index contributed by atoms with van der Waals surface area (Å²) in [6, 6.07) is 6.02. The molecule has 0 aromatic heterocycles. The maximum absolute atomic E-state index is 11.9. The topological polar surface area (TPSA) is 122 Å². The summed E-state index contributed by atoms with van der Waals surface area (Å²) in [6.45, 7) is 1.50. The van der Waals surface area contributed by atoms with E-state index in [4.69, 9.17) is 15.2 Å². The Bertz CT molecular complexity index is 482. The van der Waals surface area contributed by atoms with Gasteiger partial charge >= 0.3 is 5.97 Å². The number of esters is 1. The first-order valence-corrected chi connectivity index (χ1v) is 6.16. The number of hydrogen-bond acceptors (Lipinski definition) is 7. The summed E-state index contributed by atoms with van der Waals surface area (Å²) in [6.07, 6.45) is -6.30. The van der Waals surface area contributed by atoms with Crippen LogP contribution < -0.4 is 5.73 Å². The van der Waals surface area contributed by atoms with Crippen molar-refractivity contribution in [2.45, 2.75) is 37.6 Å². The van der Waals surface area contributed by atoms with Crippen molar-refractivity contribution in [1.29, 1.82) is 0 Å². The predicted molar refractivity (Wildman–Crippen MR) is 74.4 cm³/mol. The van der Waals surface area contributed by atoms with Crippen LogP contribution in [0.2, 0.25) is 0 Å². The van der Waals surface area contributed by atoms with E-state index in [1.54, 1.807) is 0 Å². The molecule has 1 saturated heterocycles. The normalized spacial score (nSPS) is 32.1. The molecule has 1 fully saturated rings. The van der Waals surface area contributed by atoms with Gasteiger partial charge in [-0.2, -0.15) is 0 Å². The second kappa shape index (κ2) is 7.55. The van der Waals surface area contributed by atoms with Crippen LogP contribution in [0.4, 0.5) is 5.69 Å². The van der Waals surface area contributed by atoms with Crippen molar-refractivity contribution >= 4 is 41.2 Å². The van der Waals surface area contributed by atoms with E-state index in [-0.39, 0.29) is 35.1 Å². The van der Waals surface area contributed by atoms with Crippen LogP contribution in [0.25, 0.3) is 0 Å². The Morgan fingerprint density at radius 1 is 1.14 bits per heavy atom. The number of carbonyl (C=O) groups is 1. The molecule has 0 bridgehead atoms. The predicted octanol–water partition coefficient (Wildman–Crippen LogP) is -1.13. The Morgan fingerprint density at radius 3 is 2.29 bits per heavy atom. The summed E-state index contributed by atoms with van der Waals surface area (Å²) in [5.41, 5.74) is 6.25. The molecule has 0 aliphatic carbocycles. The van der Waals surface area contributed by atoms with Crippen LogP contribution in [0.1, 0.15) is 17.3 Å². The fourth-order valence-electron chi connectivity index (χ4n) is 1.90. The van der Waals surface area contributed by atoms with Gasteiger partial charge in [-0.1, -0.05) is 0 Å². The number of nitrogens with two attached hydrogens (primary N) is 1. The summed E-state index contributed by atoms with van der Waals surface area (Å²) in [4.78, 5) is 11.9. The van der Waals surface area contributed by atoms with Crippen molar-refractivity contribution in [2.75, 3.05) is 5.73 Å². The number of rotatable bonds is 2. The minimum Gasteiger partial charge on any atom is -0.429 e. The van der Waals surface area contributed by atoms with Gasteiger partial charge in [-0.25, -0.2) is 4.79 Å². The summed E-state index contributed by atoms with van der Waals surface area (Å²) in [5.74, 6) is -0.718. The third-order valence-electron chi connectivity index (χ3n) is 3.18. The number of benzene rings is 1. The molecule has 2 rings (SSSR count). The number of nitrogen functional groups attached to an aromatic ring is 1. The molecular weight excluding hydrogens is 289 g/mol. The molecule has 1 aromatic rings. The summed E-state index contributed by atoms with van der Waals surface area (Å²) in [7, 11) is 0. The zero-order valence-corrected chi connectivity index (χ0v) is 13.8. The van der Waals surface area contributed by atoms with E-state index in [0.29, 0.717) is 5.69 Å². The van der Waals surface area contributed by atoms with Crippen LogP contribution in [0.5, 0.6) is 0 Å². The summed E-state index contributed by atoms with van der Waals surface area (Å²) in [5, 5.41) is 28.9. The van der Waals surface area contributed by atoms with E-state index in [9.17, 15) is 20.1 Å². The quantitative estimate of drug-likeness (QED) is 0.310. The van der Waals surface area contributed by atoms with Gasteiger partial charge in [0.05, 0.1) is 11.7 Å². The fourth-order valence-corrected chi connectivity index (χ4v) is 1.90. The van der Waals surface area contributed by atoms with Crippen LogP contribution in [-0.4, -0.2) is 81.6 Å². The molecule has 1 heterocycles. The second-order valence-corrected chi connectivity index (χ2v) is 4.71. The molecule has 1 aliphatic rings. The van der Waals surface area contributed by atoms with E-state index in [2.05, 4.69) is 0 Å². The Labute approximate surface area is 144 Å². The zero-order valence-electron chi connectivity index (χ0n) is 11.8. The van der Waals surface area contributed by atoms with Gasteiger partial charge in [0.25, 0.3) is 0 Å². The van der Waals surface area contributed by atoms with Gasteiger partial charge in [-0.05, 0) is 31.2 Å². The number of anilines is 1. The largest absolute Gasteiger partial charge is 0.429 e. The number of hydrogen-bond donors (Lipinski definition) is 4. The molecule has 7 nitrogen and oxygen atoms in total. The molecule has 5 N–H and O–H groups in total. The van der Waals surface area contributed by atoms with Gasteiger partial charge < -0.3 is 30.5 Å². The van der Waals surface area contributed by atoms with Crippen molar-refractivity contribution in [3.05, 3.63) is 29.8 Å². The smallest absolute Gasteiger partial charge is 0.340 e. The fraction of sp³-hybridized carbons (Fsp3) is 0.462. The molecule has 1 radical (unpaired) electrons. The maximum Gasteiger partial charge on any atom is 0.340 e. The van der Waals surface area contributed by atoms with Crippen LogP contribution in [0.3, 0.4) is 0 Å². The molecule has 0 spiro atoms. The number of aliphatic hydroxyl groups excluding tert-OH is 3. The molecule has 0 amide bonds. The Kier molecular flexibility index (Phi) is 6.61. The van der Waals surface area contributed by atoms with E-state index in [0.717, 1.165) is 0 Å². The van der Waals surface area contributed by atoms with E-state index >= 15 is 0 Å². The van der Waals surface area contributed by atoms with E-state index in [1.807, 2.05) is 0 Å². The molecule has 1 unspecified atom stereocenters. The van der Waals surface area contributed by atoms with Crippen molar-refractivity contribution < 1.29 is 29.6 Å². The molecule has 1 aromatic carbocycles. The minimum atomic E-state index is -1.51. The van der Waals surface area contributed by atoms with Gasteiger partial charge in [0.15, 0.2) is 0 Å². The van der Waals surface area contributed by atoms with Crippen LogP contribution in [0, 0.1) is 0 Å². The average molecular weight is 306 g/mol. The van der Waals surface area contributed by atoms with Crippen molar-refractivity contribution in [3.8, 4) is 0 Å². The molecule has 8 heteroatoms. The molecule has 21 heavy (non-hydrogen) atoms. The average Bonchev–Trinajstić information content (AvgIpc) is 2.43. The second-order valence-electron chi connectivity index (χ2n) is 4.71. The molecular formula is C13H17NNaO6. The van der Waals surface area contributed by atoms with Crippen molar-refractivity contribution in [1.82, 2.24) is 0 Å². The Hall–Kier alpha value is -0.670. The number of carbonyl (C=O) groups excluding carboxylic acids is 1. The SMILES string of the molecule is C[C@@H]1OC(OC(=O)c2ccc(N)cc2)[C@H](O)[C@H](O)[C@H]1O.[Na]. The van der Waals surface area contributed by atoms with Gasteiger partial charge in [0.1, 0.15) is 18.3 Å². The minimum absolute atomic E-state index is 0. The van der Waals surface area contributed by atoms with Crippen molar-refractivity contribution in [2.24, 2.45) is 0 Å². The summed E-state index contributed by atoms with van der Waals surface area (Å²) >= 11 is 0.